The summed E-state index contributed by atoms with van der Waals surface area (Å²) in [4.78, 5) is 11.0. The average molecular weight is 242 g/mol. The highest BCUT2D eigenvalue weighted by atomic mass is 16.4. The zero-order valence-electron chi connectivity index (χ0n) is 10.1. The fourth-order valence-corrected chi connectivity index (χ4v) is 1.97. The standard InChI is InChI=1S/C15H14O3/c1-10-7-12(9-11-5-3-2-4-6-11)14(16)13(8-10)15(17)18/h2-8,16H,9H2,1H3,(H,17,18). The van der Waals surface area contributed by atoms with Crippen LogP contribution in [0.2, 0.25) is 0 Å². The molecule has 2 aromatic carbocycles. The van der Waals surface area contributed by atoms with Crippen LogP contribution in [0, 0.1) is 6.92 Å². The van der Waals surface area contributed by atoms with Crippen LogP contribution in [0.15, 0.2) is 42.5 Å². The van der Waals surface area contributed by atoms with Crippen molar-refractivity contribution in [3.63, 3.8) is 0 Å². The van der Waals surface area contributed by atoms with Crippen molar-refractivity contribution in [2.24, 2.45) is 0 Å². The monoisotopic (exact) mass is 242 g/mol. The summed E-state index contributed by atoms with van der Waals surface area (Å²) in [6.07, 6.45) is 0.522. The summed E-state index contributed by atoms with van der Waals surface area (Å²) in [5.41, 5.74) is 2.46. The number of rotatable bonds is 3. The number of carboxylic acids is 1. The predicted octanol–water partition coefficient (Wildman–Crippen LogP) is 2.99. The van der Waals surface area contributed by atoms with Crippen LogP contribution in [0.5, 0.6) is 5.75 Å². The molecule has 0 radical (unpaired) electrons. The van der Waals surface area contributed by atoms with Crippen LogP contribution in [0.4, 0.5) is 0 Å². The van der Waals surface area contributed by atoms with E-state index >= 15 is 0 Å². The molecule has 0 saturated carbocycles. The highest BCUT2D eigenvalue weighted by molar-refractivity contribution is 5.91. The molecule has 3 nitrogen and oxygen atoms in total. The van der Waals surface area contributed by atoms with Gasteiger partial charge in [0.2, 0.25) is 0 Å². The molecule has 0 spiro atoms. The number of phenols is 1. The van der Waals surface area contributed by atoms with Crippen molar-refractivity contribution < 1.29 is 15.0 Å². The first-order chi connectivity index (χ1) is 8.58. The van der Waals surface area contributed by atoms with Crippen LogP contribution < -0.4 is 0 Å². The van der Waals surface area contributed by atoms with Gasteiger partial charge in [-0.05, 0) is 29.7 Å². The van der Waals surface area contributed by atoms with Gasteiger partial charge >= 0.3 is 5.97 Å². The molecule has 0 aliphatic carbocycles. The number of carboxylic acid groups (broad SMARTS) is 1. The molecule has 2 aromatic rings. The van der Waals surface area contributed by atoms with Crippen molar-refractivity contribution in [3.05, 3.63) is 64.7 Å². The maximum absolute atomic E-state index is 11.0. The Morgan fingerprint density at radius 1 is 1.17 bits per heavy atom. The minimum Gasteiger partial charge on any atom is -0.507 e. The van der Waals surface area contributed by atoms with E-state index in [-0.39, 0.29) is 11.3 Å². The molecule has 3 heteroatoms. The number of hydrogen-bond donors (Lipinski definition) is 2. The quantitative estimate of drug-likeness (QED) is 0.869. The van der Waals surface area contributed by atoms with Crippen molar-refractivity contribution >= 4 is 5.97 Å². The second kappa shape index (κ2) is 4.92. The van der Waals surface area contributed by atoms with Gasteiger partial charge in [0.1, 0.15) is 11.3 Å². The van der Waals surface area contributed by atoms with E-state index in [4.69, 9.17) is 5.11 Å². The van der Waals surface area contributed by atoms with Gasteiger partial charge in [0.05, 0.1) is 0 Å². The summed E-state index contributed by atoms with van der Waals surface area (Å²) < 4.78 is 0. The van der Waals surface area contributed by atoms with Gasteiger partial charge in [-0.3, -0.25) is 0 Å². The van der Waals surface area contributed by atoms with Crippen molar-refractivity contribution in [2.75, 3.05) is 0 Å². The molecular weight excluding hydrogens is 228 g/mol. The maximum Gasteiger partial charge on any atom is 0.339 e. The first kappa shape index (κ1) is 12.2. The Kier molecular flexibility index (Phi) is 3.33. The molecule has 0 aliphatic rings. The molecule has 2 rings (SSSR count). The molecule has 0 bridgehead atoms. The SMILES string of the molecule is Cc1cc(Cc2ccccc2)c(O)c(C(=O)O)c1. The molecule has 0 atom stereocenters. The molecule has 0 saturated heterocycles. The van der Waals surface area contributed by atoms with E-state index in [1.165, 1.54) is 6.07 Å². The molecule has 2 N–H and O–H groups in total. The second-order valence-electron chi connectivity index (χ2n) is 4.29. The van der Waals surface area contributed by atoms with E-state index in [1.807, 2.05) is 43.3 Å². The lowest BCUT2D eigenvalue weighted by Gasteiger charge is -2.09. The van der Waals surface area contributed by atoms with E-state index < -0.39 is 5.97 Å². The van der Waals surface area contributed by atoms with E-state index in [0.29, 0.717) is 12.0 Å². The summed E-state index contributed by atoms with van der Waals surface area (Å²) in [6, 6.07) is 12.9. The molecule has 0 amide bonds. The fourth-order valence-electron chi connectivity index (χ4n) is 1.97. The largest absolute Gasteiger partial charge is 0.507 e. The van der Waals surface area contributed by atoms with Crippen LogP contribution in [0.25, 0.3) is 0 Å². The van der Waals surface area contributed by atoms with Gasteiger partial charge in [-0.1, -0.05) is 36.4 Å². The van der Waals surface area contributed by atoms with Crippen molar-refractivity contribution in [2.45, 2.75) is 13.3 Å². The van der Waals surface area contributed by atoms with Crippen molar-refractivity contribution in [1.29, 1.82) is 0 Å². The Morgan fingerprint density at radius 2 is 1.83 bits per heavy atom. The summed E-state index contributed by atoms with van der Waals surface area (Å²) in [5, 5.41) is 19.0. The van der Waals surface area contributed by atoms with Gasteiger partial charge in [-0.15, -0.1) is 0 Å². The van der Waals surface area contributed by atoms with Crippen LogP contribution in [0.3, 0.4) is 0 Å². The van der Waals surface area contributed by atoms with Gasteiger partial charge in [0, 0.05) is 6.42 Å². The zero-order chi connectivity index (χ0) is 13.1. The van der Waals surface area contributed by atoms with Gasteiger partial charge in [0.15, 0.2) is 0 Å². The smallest absolute Gasteiger partial charge is 0.339 e. The van der Waals surface area contributed by atoms with Gasteiger partial charge in [-0.2, -0.15) is 0 Å². The Hall–Kier alpha value is -2.29. The third-order valence-electron chi connectivity index (χ3n) is 2.80. The van der Waals surface area contributed by atoms with E-state index in [1.54, 1.807) is 0 Å². The maximum atomic E-state index is 11.0. The number of benzene rings is 2. The molecule has 0 aliphatic heterocycles. The Balaban J connectivity index is 2.42. The highest BCUT2D eigenvalue weighted by Gasteiger charge is 2.14. The molecule has 0 heterocycles. The van der Waals surface area contributed by atoms with Crippen molar-refractivity contribution in [3.8, 4) is 5.75 Å². The van der Waals surface area contributed by atoms with E-state index in [2.05, 4.69) is 0 Å². The Bertz CT molecular complexity index is 574. The van der Waals surface area contributed by atoms with Crippen LogP contribution in [-0.4, -0.2) is 16.2 Å². The molecule has 92 valence electrons. The van der Waals surface area contributed by atoms with E-state index in [9.17, 15) is 9.90 Å². The van der Waals surface area contributed by atoms with Gasteiger partial charge in [0.25, 0.3) is 0 Å². The minimum absolute atomic E-state index is 0.0408. The summed E-state index contributed by atoms with van der Waals surface area (Å²) >= 11 is 0. The lowest BCUT2D eigenvalue weighted by atomic mass is 9.99. The molecule has 0 aromatic heterocycles. The van der Waals surface area contributed by atoms with Gasteiger partial charge in [-0.25, -0.2) is 4.79 Å². The minimum atomic E-state index is -1.11. The van der Waals surface area contributed by atoms with Crippen molar-refractivity contribution in [1.82, 2.24) is 0 Å². The van der Waals surface area contributed by atoms with Crippen LogP contribution in [0.1, 0.15) is 27.0 Å². The Labute approximate surface area is 105 Å². The van der Waals surface area contributed by atoms with Gasteiger partial charge < -0.3 is 10.2 Å². The normalized spacial score (nSPS) is 10.3. The summed E-state index contributed by atoms with van der Waals surface area (Å²) in [6.45, 7) is 1.82. The second-order valence-corrected chi connectivity index (χ2v) is 4.29. The highest BCUT2D eigenvalue weighted by Crippen LogP contribution is 2.26. The lowest BCUT2D eigenvalue weighted by Crippen LogP contribution is -2.01. The number of hydrogen-bond acceptors (Lipinski definition) is 2. The predicted molar refractivity (Wildman–Crippen MR) is 69.1 cm³/mol. The topological polar surface area (TPSA) is 57.5 Å². The first-order valence-corrected chi connectivity index (χ1v) is 5.67. The number of carbonyl (C=O) groups is 1. The third-order valence-corrected chi connectivity index (χ3v) is 2.80. The lowest BCUT2D eigenvalue weighted by molar-refractivity contribution is 0.0693. The molecular formula is C15H14O3. The fraction of sp³-hybridized carbons (Fsp3) is 0.133. The number of aryl methyl sites for hydroxylation is 1. The first-order valence-electron chi connectivity index (χ1n) is 5.67. The van der Waals surface area contributed by atoms with E-state index in [0.717, 1.165) is 11.1 Å². The number of aromatic carboxylic acids is 1. The zero-order valence-corrected chi connectivity index (χ0v) is 10.1. The average Bonchev–Trinajstić information content (AvgIpc) is 2.34. The van der Waals surface area contributed by atoms with Crippen LogP contribution in [-0.2, 0) is 6.42 Å². The number of aromatic hydroxyl groups is 1. The molecule has 18 heavy (non-hydrogen) atoms. The Morgan fingerprint density at radius 3 is 2.44 bits per heavy atom. The van der Waals surface area contributed by atoms with Crippen LogP contribution >= 0.6 is 0 Å². The third kappa shape index (κ3) is 2.51. The molecule has 0 unspecified atom stereocenters. The summed E-state index contributed by atoms with van der Waals surface area (Å²) in [5.74, 6) is -1.25. The summed E-state index contributed by atoms with van der Waals surface area (Å²) in [7, 11) is 0. The molecule has 0 fully saturated rings.